The van der Waals surface area contributed by atoms with E-state index in [1.807, 2.05) is 12.2 Å². The molecule has 0 aromatic rings. The van der Waals surface area contributed by atoms with Gasteiger partial charge in [0.15, 0.2) is 5.78 Å². The molecule has 4 aliphatic carbocycles. The van der Waals surface area contributed by atoms with Crippen LogP contribution in [0.4, 0.5) is 0 Å². The fourth-order valence-corrected chi connectivity index (χ4v) is 6.85. The lowest BCUT2D eigenvalue weighted by Gasteiger charge is -2.57. The minimum atomic E-state index is -0.0831. The first-order valence-corrected chi connectivity index (χ1v) is 9.25. The van der Waals surface area contributed by atoms with Gasteiger partial charge in [-0.05, 0) is 68.4 Å². The van der Waals surface area contributed by atoms with Gasteiger partial charge in [-0.1, -0.05) is 31.9 Å². The number of carbonyl (C=O) groups is 2. The molecule has 0 aliphatic heterocycles. The summed E-state index contributed by atoms with van der Waals surface area (Å²) in [6.07, 6.45) is 8.88. The second-order valence-corrected chi connectivity index (χ2v) is 9.00. The molecule has 0 bridgehead atoms. The predicted octanol–water partition coefficient (Wildman–Crippen LogP) is 4.50. The Kier molecular flexibility index (Phi) is 3.12. The summed E-state index contributed by atoms with van der Waals surface area (Å²) in [4.78, 5) is 24.6. The molecule has 2 heteroatoms. The molecule has 0 amide bonds. The molecule has 0 aromatic heterocycles. The van der Waals surface area contributed by atoms with Gasteiger partial charge in [0, 0.05) is 17.3 Å². The molecule has 2 nitrogen and oxygen atoms in total. The number of hydrogen-bond donors (Lipinski definition) is 0. The minimum Gasteiger partial charge on any atom is -0.299 e. The van der Waals surface area contributed by atoms with Gasteiger partial charge >= 0.3 is 0 Å². The number of rotatable bonds is 0. The number of allylic oxidation sites excluding steroid dienone is 4. The van der Waals surface area contributed by atoms with Crippen LogP contribution in [0.2, 0.25) is 0 Å². The van der Waals surface area contributed by atoms with E-state index in [1.54, 1.807) is 0 Å². The van der Waals surface area contributed by atoms with E-state index in [2.05, 4.69) is 27.7 Å². The topological polar surface area (TPSA) is 34.1 Å². The molecular formula is C21H28O2. The van der Waals surface area contributed by atoms with Gasteiger partial charge in [0.1, 0.15) is 5.78 Å². The molecular weight excluding hydrogens is 284 g/mol. The monoisotopic (exact) mass is 312 g/mol. The first-order valence-electron chi connectivity index (χ1n) is 9.25. The Morgan fingerprint density at radius 3 is 2.61 bits per heavy atom. The molecule has 4 rings (SSSR count). The molecule has 0 spiro atoms. The fourth-order valence-electron chi connectivity index (χ4n) is 6.85. The highest BCUT2D eigenvalue weighted by atomic mass is 16.1. The summed E-state index contributed by atoms with van der Waals surface area (Å²) >= 11 is 0. The highest BCUT2D eigenvalue weighted by molar-refractivity contribution is 6.02. The Morgan fingerprint density at radius 1 is 1.13 bits per heavy atom. The van der Waals surface area contributed by atoms with Crippen molar-refractivity contribution < 1.29 is 9.59 Å². The van der Waals surface area contributed by atoms with Crippen LogP contribution >= 0.6 is 0 Å². The van der Waals surface area contributed by atoms with Crippen LogP contribution in [0.15, 0.2) is 23.3 Å². The lowest BCUT2D eigenvalue weighted by Crippen LogP contribution is -2.51. The highest BCUT2D eigenvalue weighted by Gasteiger charge is 2.61. The quantitative estimate of drug-likeness (QED) is 0.660. The Balaban J connectivity index is 1.77. The van der Waals surface area contributed by atoms with Gasteiger partial charge in [0.25, 0.3) is 0 Å². The molecule has 4 aliphatic rings. The van der Waals surface area contributed by atoms with Gasteiger partial charge in [-0.3, -0.25) is 9.59 Å². The van der Waals surface area contributed by atoms with Crippen LogP contribution < -0.4 is 0 Å². The van der Waals surface area contributed by atoms with Gasteiger partial charge in [-0.2, -0.15) is 0 Å². The van der Waals surface area contributed by atoms with Crippen LogP contribution in [0.3, 0.4) is 0 Å². The summed E-state index contributed by atoms with van der Waals surface area (Å²) in [5.74, 6) is 2.96. The lowest BCUT2D eigenvalue weighted by molar-refractivity contribution is -0.132. The predicted molar refractivity (Wildman–Crippen MR) is 90.8 cm³/mol. The molecule has 0 N–H and O–H groups in total. The van der Waals surface area contributed by atoms with Crippen LogP contribution in [0.1, 0.15) is 59.8 Å². The Morgan fingerprint density at radius 2 is 1.87 bits per heavy atom. The molecule has 0 unspecified atom stereocenters. The Bertz CT molecular complexity index is 655. The van der Waals surface area contributed by atoms with Crippen LogP contribution in [-0.2, 0) is 9.59 Å². The number of carbonyl (C=O) groups excluding carboxylic acids is 2. The van der Waals surface area contributed by atoms with E-state index in [-0.39, 0.29) is 16.6 Å². The number of hydrogen-bond acceptors (Lipinski definition) is 2. The zero-order chi connectivity index (χ0) is 16.6. The van der Waals surface area contributed by atoms with Crippen molar-refractivity contribution in [3.63, 3.8) is 0 Å². The van der Waals surface area contributed by atoms with E-state index in [0.717, 1.165) is 32.1 Å². The van der Waals surface area contributed by atoms with Crippen molar-refractivity contribution in [2.45, 2.75) is 59.8 Å². The van der Waals surface area contributed by atoms with Crippen LogP contribution in [0.25, 0.3) is 0 Å². The third-order valence-electron chi connectivity index (χ3n) is 8.10. The Hall–Kier alpha value is -1.18. The first kappa shape index (κ1) is 15.4. The minimum absolute atomic E-state index is 0.0452. The molecule has 3 saturated carbocycles. The third-order valence-corrected chi connectivity index (χ3v) is 8.10. The average molecular weight is 312 g/mol. The van der Waals surface area contributed by atoms with Crippen molar-refractivity contribution in [3.05, 3.63) is 23.3 Å². The summed E-state index contributed by atoms with van der Waals surface area (Å²) in [7, 11) is 0. The van der Waals surface area contributed by atoms with Crippen LogP contribution in [0, 0.1) is 34.5 Å². The molecule has 3 fully saturated rings. The third kappa shape index (κ3) is 1.81. The van der Waals surface area contributed by atoms with E-state index in [1.165, 1.54) is 11.1 Å². The SMILES string of the molecule is CC1=CC(=O)C=C2CC[C@H]3[C@@H]4[C@@H](C)CC(=O)[C@@]4(C)CC[C@@H]3[C@@]12C. The van der Waals surface area contributed by atoms with Gasteiger partial charge in [0.2, 0.25) is 0 Å². The number of Topliss-reactive ketones (excluding diaryl/α,β-unsaturated/α-hetero) is 1. The number of fused-ring (bicyclic) bond motifs is 5. The van der Waals surface area contributed by atoms with E-state index < -0.39 is 0 Å². The van der Waals surface area contributed by atoms with Crippen LogP contribution in [-0.4, -0.2) is 11.6 Å². The average Bonchev–Trinajstić information content (AvgIpc) is 2.71. The number of ketones is 2. The first-order chi connectivity index (χ1) is 10.8. The van der Waals surface area contributed by atoms with E-state index in [4.69, 9.17) is 0 Å². The lowest BCUT2D eigenvalue weighted by atomic mass is 9.46. The van der Waals surface area contributed by atoms with Gasteiger partial charge in [-0.15, -0.1) is 0 Å². The van der Waals surface area contributed by atoms with Crippen molar-refractivity contribution in [2.24, 2.45) is 34.5 Å². The smallest absolute Gasteiger partial charge is 0.178 e. The van der Waals surface area contributed by atoms with E-state index in [9.17, 15) is 9.59 Å². The zero-order valence-corrected chi connectivity index (χ0v) is 14.8. The second kappa shape index (κ2) is 4.68. The van der Waals surface area contributed by atoms with Crippen molar-refractivity contribution in [3.8, 4) is 0 Å². The standard InChI is InChI=1S/C21H28O2/c1-12-9-18(23)20(3)8-7-17-16(19(12)20)6-5-14-11-15(22)10-13(2)21(14,17)4/h10-12,16-17,19H,5-9H2,1-4H3/t12-,16+,17-,19-,20+,21-/m0/s1. The summed E-state index contributed by atoms with van der Waals surface area (Å²) in [5.41, 5.74) is 2.56. The van der Waals surface area contributed by atoms with Gasteiger partial charge in [-0.25, -0.2) is 0 Å². The largest absolute Gasteiger partial charge is 0.299 e. The molecule has 0 radical (unpaired) electrons. The summed E-state index contributed by atoms with van der Waals surface area (Å²) in [6, 6.07) is 0. The Labute approximate surface area is 139 Å². The summed E-state index contributed by atoms with van der Waals surface area (Å²) in [6.45, 7) is 9.03. The summed E-state index contributed by atoms with van der Waals surface area (Å²) in [5, 5.41) is 0. The maximum absolute atomic E-state index is 12.6. The fraction of sp³-hybridized carbons (Fsp3) is 0.714. The molecule has 0 heterocycles. The van der Waals surface area contributed by atoms with Gasteiger partial charge < -0.3 is 0 Å². The van der Waals surface area contributed by atoms with Crippen molar-refractivity contribution >= 4 is 11.6 Å². The molecule has 0 aromatic carbocycles. The van der Waals surface area contributed by atoms with Crippen molar-refractivity contribution in [1.82, 2.24) is 0 Å². The zero-order valence-electron chi connectivity index (χ0n) is 14.8. The van der Waals surface area contributed by atoms with E-state index >= 15 is 0 Å². The molecule has 0 saturated heterocycles. The normalized spacial score (nSPS) is 49.0. The maximum atomic E-state index is 12.6. The van der Waals surface area contributed by atoms with Crippen molar-refractivity contribution in [2.75, 3.05) is 0 Å². The second-order valence-electron chi connectivity index (χ2n) is 9.00. The molecule has 23 heavy (non-hydrogen) atoms. The summed E-state index contributed by atoms with van der Waals surface area (Å²) < 4.78 is 0. The van der Waals surface area contributed by atoms with Gasteiger partial charge in [0.05, 0.1) is 0 Å². The van der Waals surface area contributed by atoms with Crippen molar-refractivity contribution in [1.29, 1.82) is 0 Å². The van der Waals surface area contributed by atoms with E-state index in [0.29, 0.717) is 29.5 Å². The highest BCUT2D eigenvalue weighted by Crippen LogP contribution is 2.65. The molecule has 6 atom stereocenters. The molecule has 124 valence electrons. The van der Waals surface area contributed by atoms with Crippen LogP contribution in [0.5, 0.6) is 0 Å². The maximum Gasteiger partial charge on any atom is 0.178 e.